The van der Waals surface area contributed by atoms with Crippen LogP contribution in [0.4, 0.5) is 5.13 Å². The van der Waals surface area contributed by atoms with E-state index in [1.807, 2.05) is 61.5 Å². The lowest BCUT2D eigenvalue weighted by Crippen LogP contribution is -2.07. The van der Waals surface area contributed by atoms with Gasteiger partial charge < -0.3 is 9.47 Å². The van der Waals surface area contributed by atoms with E-state index in [1.165, 1.54) is 17.4 Å². The third kappa shape index (κ3) is 6.52. The lowest BCUT2D eigenvalue weighted by Gasteiger charge is -2.02. The maximum absolute atomic E-state index is 12.4. The van der Waals surface area contributed by atoms with Gasteiger partial charge in [-0.05, 0) is 37.6 Å². The van der Waals surface area contributed by atoms with Gasteiger partial charge >= 0.3 is 5.97 Å². The minimum absolute atomic E-state index is 0.105. The smallest absolute Gasteiger partial charge is 0.311 e. The molecule has 0 radical (unpaired) electrons. The first kappa shape index (κ1) is 22.2. The lowest BCUT2D eigenvalue weighted by molar-refractivity contribution is -0.142. The van der Waals surface area contributed by atoms with Crippen molar-refractivity contribution in [2.45, 2.75) is 20.3 Å². The zero-order chi connectivity index (χ0) is 22.1. The quantitative estimate of drug-likeness (QED) is 0.379. The molecule has 0 bridgehead atoms. The lowest BCUT2D eigenvalue weighted by atomic mass is 10.1. The number of thiazole rings is 1. The first-order valence-corrected chi connectivity index (χ1v) is 10.8. The maximum Gasteiger partial charge on any atom is 0.311 e. The molecule has 0 spiro atoms. The molecule has 1 aromatic heterocycles. The van der Waals surface area contributed by atoms with Crippen molar-refractivity contribution in [2.75, 3.05) is 18.5 Å². The molecule has 160 valence electrons. The summed E-state index contributed by atoms with van der Waals surface area (Å²) < 4.78 is 10.5. The van der Waals surface area contributed by atoms with Crippen molar-refractivity contribution in [3.63, 3.8) is 0 Å². The number of carbonyl (C=O) groups excluding carboxylic acids is 2. The van der Waals surface area contributed by atoms with Gasteiger partial charge in [0.25, 0.3) is 0 Å². The zero-order valence-corrected chi connectivity index (χ0v) is 18.3. The van der Waals surface area contributed by atoms with Gasteiger partial charge in [0.2, 0.25) is 5.91 Å². The highest BCUT2D eigenvalue weighted by Gasteiger charge is 2.17. The summed E-state index contributed by atoms with van der Waals surface area (Å²) in [4.78, 5) is 29.7. The minimum Gasteiger partial charge on any atom is -0.494 e. The summed E-state index contributed by atoms with van der Waals surface area (Å²) in [6.07, 6.45) is 3.27. The van der Waals surface area contributed by atoms with Crippen molar-refractivity contribution < 1.29 is 19.1 Å². The third-order valence-corrected chi connectivity index (χ3v) is 5.17. The number of nitrogens with zero attached hydrogens (tertiary/aromatic N) is 1. The second-order valence-corrected chi connectivity index (χ2v) is 7.55. The van der Waals surface area contributed by atoms with E-state index in [0.717, 1.165) is 21.8 Å². The number of nitrogens with one attached hydrogen (secondary N) is 1. The Bertz CT molecular complexity index is 1040. The molecule has 0 unspecified atom stereocenters. The van der Waals surface area contributed by atoms with E-state index in [0.29, 0.717) is 24.0 Å². The standard InChI is InChI=1S/C24H24N2O4S/c1-3-29-19-13-10-17(11-14-19)12-15-21(27)25-24-26-23(18-8-6-5-7-9-18)20(31-24)16-22(28)30-4-2/h5-15H,3-4,16H2,1-2H3,(H,25,26,27)/b15-12+. The summed E-state index contributed by atoms with van der Waals surface area (Å²) in [5.41, 5.74) is 2.43. The van der Waals surface area contributed by atoms with Crippen molar-refractivity contribution in [2.24, 2.45) is 0 Å². The fraction of sp³-hybridized carbons (Fsp3) is 0.208. The monoisotopic (exact) mass is 436 g/mol. The molecule has 0 saturated heterocycles. The maximum atomic E-state index is 12.4. The molecule has 1 N–H and O–H groups in total. The largest absolute Gasteiger partial charge is 0.494 e. The summed E-state index contributed by atoms with van der Waals surface area (Å²) in [6.45, 7) is 4.62. The second kappa shape index (κ2) is 11.1. The number of hydrogen-bond donors (Lipinski definition) is 1. The van der Waals surface area contributed by atoms with Crippen LogP contribution in [0, 0.1) is 0 Å². The molecule has 3 aromatic rings. The van der Waals surface area contributed by atoms with Gasteiger partial charge in [-0.2, -0.15) is 0 Å². The fourth-order valence-electron chi connectivity index (χ4n) is 2.85. The first-order valence-electron chi connectivity index (χ1n) is 10.0. The van der Waals surface area contributed by atoms with Gasteiger partial charge in [0.05, 0.1) is 25.3 Å². The van der Waals surface area contributed by atoms with Gasteiger partial charge in [-0.15, -0.1) is 11.3 Å². The molecule has 3 rings (SSSR count). The minimum atomic E-state index is -0.323. The fourth-order valence-corrected chi connectivity index (χ4v) is 3.82. The molecule has 0 aliphatic carbocycles. The first-order chi connectivity index (χ1) is 15.1. The SMILES string of the molecule is CCOC(=O)Cc1sc(NC(=O)/C=C/c2ccc(OCC)cc2)nc1-c1ccccc1. The molecule has 0 saturated carbocycles. The number of aromatic nitrogens is 1. The van der Waals surface area contributed by atoms with E-state index in [2.05, 4.69) is 10.3 Å². The van der Waals surface area contributed by atoms with Crippen molar-refractivity contribution >= 4 is 34.4 Å². The summed E-state index contributed by atoms with van der Waals surface area (Å²) in [5, 5.41) is 3.21. The molecular weight excluding hydrogens is 412 g/mol. The summed E-state index contributed by atoms with van der Waals surface area (Å²) >= 11 is 1.27. The van der Waals surface area contributed by atoms with Gasteiger partial charge in [-0.3, -0.25) is 14.9 Å². The van der Waals surface area contributed by atoms with Crippen LogP contribution in [0.2, 0.25) is 0 Å². The van der Waals surface area contributed by atoms with E-state index in [1.54, 1.807) is 13.0 Å². The van der Waals surface area contributed by atoms with Crippen LogP contribution in [0.1, 0.15) is 24.3 Å². The van der Waals surface area contributed by atoms with Crippen molar-refractivity contribution in [3.05, 3.63) is 71.1 Å². The number of anilines is 1. The molecule has 1 heterocycles. The highest BCUT2D eigenvalue weighted by Crippen LogP contribution is 2.31. The summed E-state index contributed by atoms with van der Waals surface area (Å²) in [7, 11) is 0. The number of hydrogen-bond acceptors (Lipinski definition) is 6. The normalized spacial score (nSPS) is 10.8. The Kier molecular flexibility index (Phi) is 7.95. The molecule has 31 heavy (non-hydrogen) atoms. The molecule has 2 aromatic carbocycles. The molecule has 0 fully saturated rings. The van der Waals surface area contributed by atoms with Crippen LogP contribution in [0.25, 0.3) is 17.3 Å². The van der Waals surface area contributed by atoms with Gasteiger partial charge in [0, 0.05) is 16.5 Å². The van der Waals surface area contributed by atoms with Crippen LogP contribution in [-0.2, 0) is 20.7 Å². The van der Waals surface area contributed by atoms with Crippen LogP contribution in [0.3, 0.4) is 0 Å². The predicted octanol–water partition coefficient (Wildman–Crippen LogP) is 4.97. The van der Waals surface area contributed by atoms with Crippen LogP contribution >= 0.6 is 11.3 Å². The number of esters is 1. The molecular formula is C24H24N2O4S. The Balaban J connectivity index is 1.73. The average molecular weight is 437 g/mol. The molecule has 1 amide bonds. The topological polar surface area (TPSA) is 77.5 Å². The molecule has 6 nitrogen and oxygen atoms in total. The van der Waals surface area contributed by atoms with Crippen LogP contribution in [0.15, 0.2) is 60.7 Å². The number of amides is 1. The average Bonchev–Trinajstić information content (AvgIpc) is 3.16. The highest BCUT2D eigenvalue weighted by atomic mass is 32.1. The predicted molar refractivity (Wildman–Crippen MR) is 123 cm³/mol. The highest BCUT2D eigenvalue weighted by molar-refractivity contribution is 7.16. The number of benzene rings is 2. The summed E-state index contributed by atoms with van der Waals surface area (Å²) in [6, 6.07) is 17.0. The Hall–Kier alpha value is -3.45. The Morgan fingerprint density at radius 3 is 2.45 bits per heavy atom. The number of rotatable bonds is 9. The van der Waals surface area contributed by atoms with E-state index in [-0.39, 0.29) is 18.3 Å². The Morgan fingerprint density at radius 1 is 1.03 bits per heavy atom. The van der Waals surface area contributed by atoms with Crippen LogP contribution < -0.4 is 10.1 Å². The van der Waals surface area contributed by atoms with Crippen molar-refractivity contribution in [3.8, 4) is 17.0 Å². The summed E-state index contributed by atoms with van der Waals surface area (Å²) in [5.74, 6) is 0.163. The van der Waals surface area contributed by atoms with Gasteiger partial charge in [-0.1, -0.05) is 42.5 Å². The zero-order valence-electron chi connectivity index (χ0n) is 17.5. The van der Waals surface area contributed by atoms with Gasteiger partial charge in [0.15, 0.2) is 5.13 Å². The molecule has 7 heteroatoms. The van der Waals surface area contributed by atoms with E-state index in [9.17, 15) is 9.59 Å². The number of ether oxygens (including phenoxy) is 2. The number of carbonyl (C=O) groups is 2. The Morgan fingerprint density at radius 2 is 1.77 bits per heavy atom. The van der Waals surface area contributed by atoms with Crippen molar-refractivity contribution in [1.29, 1.82) is 0 Å². The molecule has 0 atom stereocenters. The second-order valence-electron chi connectivity index (χ2n) is 6.46. The van der Waals surface area contributed by atoms with Crippen molar-refractivity contribution in [1.82, 2.24) is 4.98 Å². The molecule has 0 aliphatic heterocycles. The van der Waals surface area contributed by atoms with E-state index in [4.69, 9.17) is 9.47 Å². The Labute approximate surface area is 185 Å². The van der Waals surface area contributed by atoms with Gasteiger partial charge in [0.1, 0.15) is 5.75 Å². The van der Waals surface area contributed by atoms with Crippen LogP contribution in [0.5, 0.6) is 5.75 Å². The van der Waals surface area contributed by atoms with Crippen LogP contribution in [-0.4, -0.2) is 30.1 Å². The van der Waals surface area contributed by atoms with E-state index >= 15 is 0 Å². The third-order valence-electron chi connectivity index (χ3n) is 4.20. The van der Waals surface area contributed by atoms with E-state index < -0.39 is 0 Å². The molecule has 0 aliphatic rings. The van der Waals surface area contributed by atoms with Gasteiger partial charge in [-0.25, -0.2) is 4.98 Å².